The van der Waals surface area contributed by atoms with Gasteiger partial charge in [0.15, 0.2) is 28.6 Å². The lowest BCUT2D eigenvalue weighted by molar-refractivity contribution is 0.354. The molecule has 8 nitrogen and oxygen atoms in total. The lowest BCUT2D eigenvalue weighted by Crippen LogP contribution is -2.03. The molecule has 0 aliphatic heterocycles. The molecule has 0 aliphatic carbocycles. The highest BCUT2D eigenvalue weighted by molar-refractivity contribution is 5.94. The average Bonchev–Trinajstić information content (AvgIpc) is 3.32. The van der Waals surface area contributed by atoms with Gasteiger partial charge < -0.3 is 9.47 Å². The van der Waals surface area contributed by atoms with Crippen LogP contribution in [0.2, 0.25) is 0 Å². The van der Waals surface area contributed by atoms with Gasteiger partial charge in [-0.05, 0) is 55.7 Å². The molecular formula is C24H24N6O2. The van der Waals surface area contributed by atoms with Crippen LogP contribution in [0.25, 0.3) is 22.5 Å². The molecule has 0 aliphatic rings. The van der Waals surface area contributed by atoms with Crippen molar-refractivity contribution in [1.29, 1.82) is 0 Å². The van der Waals surface area contributed by atoms with Crippen LogP contribution in [0.4, 0.5) is 0 Å². The second kappa shape index (κ2) is 7.64. The van der Waals surface area contributed by atoms with Crippen LogP contribution >= 0.6 is 0 Å². The standard InChI is InChI=1S/C24H24N6O2/c1-14-7-6-10-25-22(14)30-16(3)15(2)21-23(30)26-13-29-24(21)27-20(28-29)12-17-8-9-18(31-4)19(11-17)32-5/h6-11,13H,12H2,1-5H3. The van der Waals surface area contributed by atoms with Gasteiger partial charge in [-0.3, -0.25) is 4.57 Å². The van der Waals surface area contributed by atoms with E-state index < -0.39 is 0 Å². The molecule has 32 heavy (non-hydrogen) atoms. The van der Waals surface area contributed by atoms with E-state index >= 15 is 0 Å². The third kappa shape index (κ3) is 3.07. The number of aromatic nitrogens is 6. The SMILES string of the molecule is COc1ccc(Cc2nc3c4c(C)c(C)n(-c5ncccc5C)c4ncn3n2)cc1OC. The van der Waals surface area contributed by atoms with Gasteiger partial charge in [-0.1, -0.05) is 12.1 Å². The third-order valence-corrected chi connectivity index (χ3v) is 5.88. The van der Waals surface area contributed by atoms with Crippen LogP contribution in [0.1, 0.15) is 28.2 Å². The first kappa shape index (κ1) is 20.0. The molecule has 8 heteroatoms. The zero-order chi connectivity index (χ0) is 22.4. The molecule has 0 saturated heterocycles. The number of ether oxygens (including phenoxy) is 2. The number of pyridine rings is 1. The van der Waals surface area contributed by atoms with Crippen LogP contribution in [0.3, 0.4) is 0 Å². The van der Waals surface area contributed by atoms with Gasteiger partial charge in [0.2, 0.25) is 0 Å². The lowest BCUT2D eigenvalue weighted by Gasteiger charge is -2.09. The van der Waals surface area contributed by atoms with Crippen molar-refractivity contribution in [3.8, 4) is 17.3 Å². The summed E-state index contributed by atoms with van der Waals surface area (Å²) >= 11 is 0. The van der Waals surface area contributed by atoms with Crippen LogP contribution in [0.5, 0.6) is 11.5 Å². The normalized spacial score (nSPS) is 11.4. The Morgan fingerprint density at radius 2 is 1.75 bits per heavy atom. The number of nitrogens with zero attached hydrogens (tertiary/aromatic N) is 6. The van der Waals surface area contributed by atoms with Crippen LogP contribution in [0, 0.1) is 20.8 Å². The molecule has 162 valence electrons. The minimum atomic E-state index is 0.571. The molecule has 0 fully saturated rings. The molecule has 0 atom stereocenters. The largest absolute Gasteiger partial charge is 0.493 e. The number of hydrogen-bond donors (Lipinski definition) is 0. The number of benzene rings is 1. The van der Waals surface area contributed by atoms with Gasteiger partial charge in [0.1, 0.15) is 12.1 Å². The van der Waals surface area contributed by atoms with Crippen molar-refractivity contribution in [3.63, 3.8) is 0 Å². The fraction of sp³-hybridized carbons (Fsp3) is 0.250. The second-order valence-corrected chi connectivity index (χ2v) is 7.80. The Morgan fingerprint density at radius 1 is 0.938 bits per heavy atom. The summed E-state index contributed by atoms with van der Waals surface area (Å²) in [5, 5.41) is 5.66. The van der Waals surface area contributed by atoms with E-state index in [9.17, 15) is 0 Å². The number of aryl methyl sites for hydroxylation is 2. The van der Waals surface area contributed by atoms with Gasteiger partial charge in [0.25, 0.3) is 0 Å². The van der Waals surface area contributed by atoms with Crippen LogP contribution in [-0.4, -0.2) is 43.4 Å². The predicted molar refractivity (Wildman–Crippen MR) is 122 cm³/mol. The minimum Gasteiger partial charge on any atom is -0.493 e. The lowest BCUT2D eigenvalue weighted by atomic mass is 10.1. The van der Waals surface area contributed by atoms with Gasteiger partial charge >= 0.3 is 0 Å². The highest BCUT2D eigenvalue weighted by Gasteiger charge is 2.20. The topological polar surface area (TPSA) is 79.4 Å². The zero-order valence-electron chi connectivity index (χ0n) is 18.7. The molecule has 1 aromatic carbocycles. The van der Waals surface area contributed by atoms with Crippen molar-refractivity contribution in [2.24, 2.45) is 0 Å². The predicted octanol–water partition coefficient (Wildman–Crippen LogP) is 4.00. The molecular weight excluding hydrogens is 404 g/mol. The van der Waals surface area contributed by atoms with Crippen LogP contribution in [-0.2, 0) is 6.42 Å². The number of hydrogen-bond acceptors (Lipinski definition) is 6. The van der Waals surface area contributed by atoms with Crippen LogP contribution in [0.15, 0.2) is 42.9 Å². The first-order valence-corrected chi connectivity index (χ1v) is 10.4. The summed E-state index contributed by atoms with van der Waals surface area (Å²) in [4.78, 5) is 14.2. The maximum atomic E-state index is 5.42. The maximum Gasteiger partial charge on any atom is 0.168 e. The summed E-state index contributed by atoms with van der Waals surface area (Å²) in [5.41, 5.74) is 5.96. The summed E-state index contributed by atoms with van der Waals surface area (Å²) in [5.74, 6) is 2.98. The summed E-state index contributed by atoms with van der Waals surface area (Å²) < 4.78 is 14.6. The molecule has 5 aromatic rings. The minimum absolute atomic E-state index is 0.571. The number of rotatable bonds is 5. The molecule has 0 radical (unpaired) electrons. The van der Waals surface area contributed by atoms with Gasteiger partial charge in [-0.25, -0.2) is 19.5 Å². The van der Waals surface area contributed by atoms with Crippen molar-refractivity contribution in [2.75, 3.05) is 14.2 Å². The molecule has 0 saturated carbocycles. The summed E-state index contributed by atoms with van der Waals surface area (Å²) in [7, 11) is 3.26. The summed E-state index contributed by atoms with van der Waals surface area (Å²) in [6, 6.07) is 9.84. The van der Waals surface area contributed by atoms with Crippen molar-refractivity contribution in [1.82, 2.24) is 29.1 Å². The van der Waals surface area contributed by atoms with Crippen molar-refractivity contribution < 1.29 is 9.47 Å². The first-order chi connectivity index (χ1) is 15.5. The summed E-state index contributed by atoms with van der Waals surface area (Å²) in [6.45, 7) is 6.24. The van der Waals surface area contributed by atoms with E-state index in [1.165, 1.54) is 0 Å². The van der Waals surface area contributed by atoms with Gasteiger partial charge in [0, 0.05) is 18.3 Å². The van der Waals surface area contributed by atoms with E-state index in [2.05, 4.69) is 41.5 Å². The maximum absolute atomic E-state index is 5.42. The Morgan fingerprint density at radius 3 is 2.50 bits per heavy atom. The van der Waals surface area contributed by atoms with E-state index in [0.29, 0.717) is 23.7 Å². The first-order valence-electron chi connectivity index (χ1n) is 10.4. The van der Waals surface area contributed by atoms with Gasteiger partial charge in [-0.2, -0.15) is 0 Å². The van der Waals surface area contributed by atoms with E-state index in [0.717, 1.165) is 44.9 Å². The molecule has 4 heterocycles. The second-order valence-electron chi connectivity index (χ2n) is 7.80. The average molecular weight is 428 g/mol. The van der Waals surface area contributed by atoms with Crippen LogP contribution < -0.4 is 9.47 Å². The third-order valence-electron chi connectivity index (χ3n) is 5.88. The monoisotopic (exact) mass is 428 g/mol. The zero-order valence-corrected chi connectivity index (χ0v) is 18.7. The van der Waals surface area contributed by atoms with Gasteiger partial charge in [0.05, 0.1) is 19.6 Å². The highest BCUT2D eigenvalue weighted by atomic mass is 16.5. The smallest absolute Gasteiger partial charge is 0.168 e. The van der Waals surface area contributed by atoms with E-state index in [1.807, 2.05) is 24.3 Å². The van der Waals surface area contributed by atoms with Crippen molar-refractivity contribution in [2.45, 2.75) is 27.2 Å². The molecule has 0 amide bonds. The fourth-order valence-corrected chi connectivity index (χ4v) is 4.12. The Kier molecular flexibility index (Phi) is 4.77. The number of methoxy groups -OCH3 is 2. The molecule has 5 rings (SSSR count). The Labute approximate surface area is 185 Å². The molecule has 0 N–H and O–H groups in total. The van der Waals surface area contributed by atoms with E-state index in [1.54, 1.807) is 31.3 Å². The van der Waals surface area contributed by atoms with E-state index in [4.69, 9.17) is 19.4 Å². The van der Waals surface area contributed by atoms with Gasteiger partial charge in [-0.15, -0.1) is 5.10 Å². The Hall–Kier alpha value is -3.94. The number of fused-ring (bicyclic) bond motifs is 3. The molecule has 0 unspecified atom stereocenters. The van der Waals surface area contributed by atoms with Crippen molar-refractivity contribution >= 4 is 16.7 Å². The molecule has 0 bridgehead atoms. The van der Waals surface area contributed by atoms with Crippen molar-refractivity contribution in [3.05, 3.63) is 71.1 Å². The summed E-state index contributed by atoms with van der Waals surface area (Å²) in [6.07, 6.45) is 4.10. The highest BCUT2D eigenvalue weighted by Crippen LogP contribution is 2.31. The quantitative estimate of drug-likeness (QED) is 0.421. The molecule has 4 aromatic heterocycles. The Balaban J connectivity index is 1.63. The Bertz CT molecular complexity index is 1470. The molecule has 0 spiro atoms. The van der Waals surface area contributed by atoms with E-state index in [-0.39, 0.29) is 0 Å². The fourth-order valence-electron chi connectivity index (χ4n) is 4.12.